The number of rotatable bonds is 5. The van der Waals surface area contributed by atoms with E-state index in [0.29, 0.717) is 30.6 Å². The van der Waals surface area contributed by atoms with Gasteiger partial charge in [0.1, 0.15) is 6.04 Å². The maximum absolute atomic E-state index is 13.2. The molecule has 1 atom stereocenters. The van der Waals surface area contributed by atoms with E-state index in [-0.39, 0.29) is 16.6 Å². The molecule has 1 aliphatic rings. The first kappa shape index (κ1) is 21.2. The first-order valence-corrected chi connectivity index (χ1v) is 11.1. The van der Waals surface area contributed by atoms with E-state index in [9.17, 15) is 18.0 Å². The van der Waals surface area contributed by atoms with Gasteiger partial charge in [-0.2, -0.15) is 4.31 Å². The number of carbonyl (C=O) groups excluding carboxylic acids is 2. The standard InChI is InChI=1S/C22H26N2O4S/c1-15-7-10-19(14-16(15)2)23-22(26)21-6-4-5-13-24(21)29(27,28)20-11-8-18(9-12-20)17(3)25/h7-12,14,21H,4-6,13H2,1-3H3,(H,23,26). The number of nitrogens with one attached hydrogen (secondary N) is 1. The van der Waals surface area contributed by atoms with Gasteiger partial charge in [-0.15, -0.1) is 0 Å². The Morgan fingerprint density at radius 1 is 1.00 bits per heavy atom. The van der Waals surface area contributed by atoms with Gasteiger partial charge in [-0.1, -0.05) is 24.6 Å². The van der Waals surface area contributed by atoms with E-state index < -0.39 is 16.1 Å². The molecular formula is C22H26N2O4S. The van der Waals surface area contributed by atoms with Crippen molar-refractivity contribution < 1.29 is 18.0 Å². The molecule has 1 fully saturated rings. The molecule has 1 unspecified atom stereocenters. The summed E-state index contributed by atoms with van der Waals surface area (Å²) in [4.78, 5) is 24.5. The summed E-state index contributed by atoms with van der Waals surface area (Å²) in [5.41, 5.74) is 3.29. The molecule has 1 aliphatic heterocycles. The molecule has 2 aromatic carbocycles. The predicted octanol–water partition coefficient (Wildman–Crippen LogP) is 3.69. The molecule has 1 heterocycles. The molecular weight excluding hydrogens is 388 g/mol. The number of aryl methyl sites for hydroxylation is 2. The lowest BCUT2D eigenvalue weighted by Crippen LogP contribution is -2.49. The summed E-state index contributed by atoms with van der Waals surface area (Å²) >= 11 is 0. The normalized spacial score (nSPS) is 17.7. The molecule has 2 aromatic rings. The van der Waals surface area contributed by atoms with E-state index in [1.54, 1.807) is 0 Å². The monoisotopic (exact) mass is 414 g/mol. The van der Waals surface area contributed by atoms with E-state index in [1.807, 2.05) is 32.0 Å². The lowest BCUT2D eigenvalue weighted by molar-refractivity contribution is -0.120. The third kappa shape index (κ3) is 4.57. The van der Waals surface area contributed by atoms with Gasteiger partial charge in [0.2, 0.25) is 15.9 Å². The fourth-order valence-corrected chi connectivity index (χ4v) is 5.15. The highest BCUT2D eigenvalue weighted by molar-refractivity contribution is 7.89. The van der Waals surface area contributed by atoms with E-state index in [2.05, 4.69) is 5.32 Å². The van der Waals surface area contributed by atoms with Crippen LogP contribution in [0.1, 0.15) is 47.7 Å². The molecule has 0 saturated carbocycles. The second-order valence-corrected chi connectivity index (χ2v) is 9.39. The van der Waals surface area contributed by atoms with Crippen LogP contribution in [0.2, 0.25) is 0 Å². The van der Waals surface area contributed by atoms with Gasteiger partial charge in [0.25, 0.3) is 0 Å². The number of piperidine rings is 1. The van der Waals surface area contributed by atoms with E-state index in [0.717, 1.165) is 17.5 Å². The Morgan fingerprint density at radius 3 is 2.31 bits per heavy atom. The lowest BCUT2D eigenvalue weighted by atomic mass is 10.0. The zero-order valence-electron chi connectivity index (χ0n) is 16.9. The summed E-state index contributed by atoms with van der Waals surface area (Å²) in [5.74, 6) is -0.450. The molecule has 1 saturated heterocycles. The number of benzene rings is 2. The van der Waals surface area contributed by atoms with Gasteiger partial charge in [-0.3, -0.25) is 9.59 Å². The number of hydrogen-bond acceptors (Lipinski definition) is 4. The Balaban J connectivity index is 1.85. The SMILES string of the molecule is CC(=O)c1ccc(S(=O)(=O)N2CCCCC2C(=O)Nc2ccc(C)c(C)c2)cc1. The maximum atomic E-state index is 13.2. The zero-order valence-corrected chi connectivity index (χ0v) is 17.8. The van der Waals surface area contributed by atoms with Crippen molar-refractivity contribution in [1.82, 2.24) is 4.31 Å². The van der Waals surface area contributed by atoms with Crippen LogP contribution in [0, 0.1) is 13.8 Å². The van der Waals surface area contributed by atoms with Crippen LogP contribution in [0.5, 0.6) is 0 Å². The Kier molecular flexibility index (Phi) is 6.19. The minimum Gasteiger partial charge on any atom is -0.325 e. The molecule has 1 amide bonds. The number of hydrogen-bond donors (Lipinski definition) is 1. The fourth-order valence-electron chi connectivity index (χ4n) is 3.50. The average Bonchev–Trinajstić information content (AvgIpc) is 2.70. The summed E-state index contributed by atoms with van der Waals surface area (Å²) in [5, 5.41) is 2.87. The summed E-state index contributed by atoms with van der Waals surface area (Å²) in [6, 6.07) is 10.7. The Hall–Kier alpha value is -2.51. The Bertz CT molecular complexity index is 1030. The van der Waals surface area contributed by atoms with Crippen molar-refractivity contribution in [2.75, 3.05) is 11.9 Å². The van der Waals surface area contributed by atoms with Crippen LogP contribution in [0.4, 0.5) is 5.69 Å². The van der Waals surface area contributed by atoms with Gasteiger partial charge in [0, 0.05) is 17.8 Å². The van der Waals surface area contributed by atoms with E-state index >= 15 is 0 Å². The average molecular weight is 415 g/mol. The number of Topliss-reactive ketones (excluding diaryl/α,β-unsaturated/α-hetero) is 1. The maximum Gasteiger partial charge on any atom is 0.243 e. The molecule has 0 bridgehead atoms. The summed E-state index contributed by atoms with van der Waals surface area (Å²) < 4.78 is 27.7. The number of amides is 1. The first-order valence-electron chi connectivity index (χ1n) is 9.71. The number of ketones is 1. The highest BCUT2D eigenvalue weighted by atomic mass is 32.2. The summed E-state index contributed by atoms with van der Waals surface area (Å²) in [6.45, 7) is 5.68. The lowest BCUT2D eigenvalue weighted by Gasteiger charge is -2.33. The number of anilines is 1. The van der Waals surface area contributed by atoms with Gasteiger partial charge in [-0.05, 0) is 69.0 Å². The molecule has 0 radical (unpaired) electrons. The van der Waals surface area contributed by atoms with Crippen molar-refractivity contribution in [2.45, 2.75) is 51.0 Å². The molecule has 6 nitrogen and oxygen atoms in total. The molecule has 1 N–H and O–H groups in total. The minimum absolute atomic E-state index is 0.0911. The summed E-state index contributed by atoms with van der Waals surface area (Å²) in [7, 11) is -3.84. The van der Waals surface area contributed by atoms with Gasteiger partial charge >= 0.3 is 0 Å². The number of carbonyl (C=O) groups is 2. The second-order valence-electron chi connectivity index (χ2n) is 7.50. The van der Waals surface area contributed by atoms with Gasteiger partial charge in [0.05, 0.1) is 4.90 Å². The molecule has 29 heavy (non-hydrogen) atoms. The van der Waals surface area contributed by atoms with Gasteiger partial charge < -0.3 is 5.32 Å². The van der Waals surface area contributed by atoms with Crippen LogP contribution in [0.3, 0.4) is 0 Å². The Morgan fingerprint density at radius 2 is 1.69 bits per heavy atom. The molecule has 0 spiro atoms. The van der Waals surface area contributed by atoms with Crippen molar-refractivity contribution >= 4 is 27.4 Å². The van der Waals surface area contributed by atoms with Gasteiger partial charge in [-0.25, -0.2) is 8.42 Å². The van der Waals surface area contributed by atoms with E-state index in [1.165, 1.54) is 35.5 Å². The van der Waals surface area contributed by atoms with Crippen LogP contribution in [-0.2, 0) is 14.8 Å². The zero-order chi connectivity index (χ0) is 21.2. The fraction of sp³-hybridized carbons (Fsp3) is 0.364. The number of nitrogens with zero attached hydrogens (tertiary/aromatic N) is 1. The van der Waals surface area contributed by atoms with Crippen LogP contribution < -0.4 is 5.32 Å². The highest BCUT2D eigenvalue weighted by Crippen LogP contribution is 2.27. The first-order chi connectivity index (χ1) is 13.7. The third-order valence-electron chi connectivity index (χ3n) is 5.40. The van der Waals surface area contributed by atoms with Crippen molar-refractivity contribution in [3.63, 3.8) is 0 Å². The smallest absolute Gasteiger partial charge is 0.243 e. The van der Waals surface area contributed by atoms with Crippen molar-refractivity contribution in [1.29, 1.82) is 0 Å². The molecule has 7 heteroatoms. The van der Waals surface area contributed by atoms with Crippen LogP contribution >= 0.6 is 0 Å². The third-order valence-corrected chi connectivity index (χ3v) is 7.32. The van der Waals surface area contributed by atoms with Crippen LogP contribution in [0.25, 0.3) is 0 Å². The molecule has 3 rings (SSSR count). The van der Waals surface area contributed by atoms with Crippen LogP contribution in [-0.4, -0.2) is 37.0 Å². The highest BCUT2D eigenvalue weighted by Gasteiger charge is 2.37. The second kappa shape index (κ2) is 8.47. The van der Waals surface area contributed by atoms with Gasteiger partial charge in [0.15, 0.2) is 5.78 Å². The largest absolute Gasteiger partial charge is 0.325 e. The van der Waals surface area contributed by atoms with Crippen molar-refractivity contribution in [3.05, 3.63) is 59.2 Å². The Labute approximate surface area is 172 Å². The molecule has 0 aromatic heterocycles. The minimum atomic E-state index is -3.84. The summed E-state index contributed by atoms with van der Waals surface area (Å²) in [6.07, 6.45) is 1.97. The molecule has 154 valence electrons. The van der Waals surface area contributed by atoms with Crippen molar-refractivity contribution in [3.8, 4) is 0 Å². The van der Waals surface area contributed by atoms with E-state index in [4.69, 9.17) is 0 Å². The number of sulfonamides is 1. The van der Waals surface area contributed by atoms with Crippen molar-refractivity contribution in [2.24, 2.45) is 0 Å². The quantitative estimate of drug-likeness (QED) is 0.757. The topological polar surface area (TPSA) is 83.6 Å². The molecule has 0 aliphatic carbocycles. The van der Waals surface area contributed by atoms with Crippen LogP contribution in [0.15, 0.2) is 47.4 Å². The predicted molar refractivity (Wildman–Crippen MR) is 113 cm³/mol.